The van der Waals surface area contributed by atoms with Crippen molar-refractivity contribution in [3.63, 3.8) is 0 Å². The SMILES string of the molecule is O=C(CN1CCCC1=O)N[C@@H](Cc1ccccc1)C(=O)O. The number of carboxylic acid groups (broad SMARTS) is 1. The molecule has 2 amide bonds. The summed E-state index contributed by atoms with van der Waals surface area (Å²) in [5.41, 5.74) is 0.836. The number of hydrogen-bond acceptors (Lipinski definition) is 3. The first-order valence-corrected chi connectivity index (χ1v) is 6.90. The van der Waals surface area contributed by atoms with Crippen molar-refractivity contribution in [2.45, 2.75) is 25.3 Å². The maximum Gasteiger partial charge on any atom is 0.326 e. The van der Waals surface area contributed by atoms with Crippen molar-refractivity contribution in [3.05, 3.63) is 35.9 Å². The number of nitrogens with zero attached hydrogens (tertiary/aromatic N) is 1. The van der Waals surface area contributed by atoms with Gasteiger partial charge in [0, 0.05) is 19.4 Å². The van der Waals surface area contributed by atoms with Gasteiger partial charge >= 0.3 is 5.97 Å². The van der Waals surface area contributed by atoms with Crippen LogP contribution in [0.2, 0.25) is 0 Å². The molecule has 6 nitrogen and oxygen atoms in total. The Morgan fingerprint density at radius 1 is 1.29 bits per heavy atom. The lowest BCUT2D eigenvalue weighted by Gasteiger charge is -2.18. The van der Waals surface area contributed by atoms with Gasteiger partial charge in [0.05, 0.1) is 6.54 Å². The van der Waals surface area contributed by atoms with Crippen molar-refractivity contribution in [1.29, 1.82) is 0 Å². The first-order valence-electron chi connectivity index (χ1n) is 6.90. The molecule has 21 heavy (non-hydrogen) atoms. The van der Waals surface area contributed by atoms with Gasteiger partial charge in [-0.2, -0.15) is 0 Å². The molecule has 0 bridgehead atoms. The van der Waals surface area contributed by atoms with Crippen LogP contribution in [0.1, 0.15) is 18.4 Å². The lowest BCUT2D eigenvalue weighted by atomic mass is 10.1. The van der Waals surface area contributed by atoms with E-state index in [1.165, 1.54) is 4.90 Å². The molecule has 0 saturated carbocycles. The van der Waals surface area contributed by atoms with Crippen LogP contribution in [0.3, 0.4) is 0 Å². The molecule has 0 unspecified atom stereocenters. The monoisotopic (exact) mass is 290 g/mol. The number of amides is 2. The average molecular weight is 290 g/mol. The van der Waals surface area contributed by atoms with E-state index in [-0.39, 0.29) is 18.9 Å². The van der Waals surface area contributed by atoms with E-state index in [1.54, 1.807) is 0 Å². The lowest BCUT2D eigenvalue weighted by Crippen LogP contribution is -2.46. The number of rotatable bonds is 6. The van der Waals surface area contributed by atoms with Crippen LogP contribution >= 0.6 is 0 Å². The molecule has 1 atom stereocenters. The standard InChI is InChI=1S/C15H18N2O4/c18-13(10-17-8-4-7-14(17)19)16-12(15(20)21)9-11-5-2-1-3-6-11/h1-3,5-6,12H,4,7-10H2,(H,16,18)(H,20,21)/t12-/m0/s1. The molecule has 1 aliphatic rings. The van der Waals surface area contributed by atoms with E-state index in [0.29, 0.717) is 13.0 Å². The Balaban J connectivity index is 1.91. The maximum absolute atomic E-state index is 11.9. The molecule has 1 aromatic rings. The van der Waals surface area contributed by atoms with Gasteiger partial charge in [0.15, 0.2) is 0 Å². The molecule has 2 N–H and O–H groups in total. The molecule has 0 radical (unpaired) electrons. The van der Waals surface area contributed by atoms with Crippen LogP contribution in [0, 0.1) is 0 Å². The summed E-state index contributed by atoms with van der Waals surface area (Å²) in [5.74, 6) is -1.58. The predicted octanol–water partition coefficient (Wildman–Crippen LogP) is 0.421. The molecule has 1 aromatic carbocycles. The Morgan fingerprint density at radius 3 is 2.57 bits per heavy atom. The van der Waals surface area contributed by atoms with E-state index in [2.05, 4.69) is 5.32 Å². The summed E-state index contributed by atoms with van der Waals surface area (Å²) < 4.78 is 0. The summed E-state index contributed by atoms with van der Waals surface area (Å²) in [5, 5.41) is 11.7. The van der Waals surface area contributed by atoms with Gasteiger partial charge < -0.3 is 15.3 Å². The smallest absolute Gasteiger partial charge is 0.326 e. The molecule has 1 heterocycles. The van der Waals surface area contributed by atoms with Crippen molar-refractivity contribution in [1.82, 2.24) is 10.2 Å². The summed E-state index contributed by atoms with van der Waals surface area (Å²) in [6, 6.07) is 8.12. The Bertz CT molecular complexity index is 530. The maximum atomic E-state index is 11.9. The summed E-state index contributed by atoms with van der Waals surface area (Å²) in [4.78, 5) is 36.0. The van der Waals surface area contributed by atoms with Crippen LogP contribution in [-0.2, 0) is 20.8 Å². The summed E-state index contributed by atoms with van der Waals surface area (Å²) in [6.07, 6.45) is 1.42. The van der Waals surface area contributed by atoms with E-state index in [1.807, 2.05) is 30.3 Å². The van der Waals surface area contributed by atoms with Gasteiger partial charge in [-0.1, -0.05) is 30.3 Å². The van der Waals surface area contributed by atoms with Gasteiger partial charge in [0.1, 0.15) is 6.04 Å². The topological polar surface area (TPSA) is 86.7 Å². The highest BCUT2D eigenvalue weighted by molar-refractivity contribution is 5.88. The van der Waals surface area contributed by atoms with Crippen molar-refractivity contribution >= 4 is 17.8 Å². The van der Waals surface area contributed by atoms with Crippen LogP contribution in [0.25, 0.3) is 0 Å². The average Bonchev–Trinajstić information content (AvgIpc) is 2.84. The van der Waals surface area contributed by atoms with Crippen molar-refractivity contribution < 1.29 is 19.5 Å². The van der Waals surface area contributed by atoms with Gasteiger partial charge in [0.2, 0.25) is 11.8 Å². The molecule has 6 heteroatoms. The van der Waals surface area contributed by atoms with Crippen LogP contribution in [0.4, 0.5) is 0 Å². The Morgan fingerprint density at radius 2 is 2.00 bits per heavy atom. The number of nitrogens with one attached hydrogen (secondary N) is 1. The molecule has 1 fully saturated rings. The molecule has 0 aromatic heterocycles. The summed E-state index contributed by atoms with van der Waals surface area (Å²) >= 11 is 0. The molecular weight excluding hydrogens is 272 g/mol. The molecule has 1 saturated heterocycles. The number of hydrogen-bond donors (Lipinski definition) is 2. The van der Waals surface area contributed by atoms with Crippen molar-refractivity contribution in [2.75, 3.05) is 13.1 Å². The fraction of sp³-hybridized carbons (Fsp3) is 0.400. The lowest BCUT2D eigenvalue weighted by molar-refractivity contribution is -0.142. The molecular formula is C15H18N2O4. The fourth-order valence-electron chi connectivity index (χ4n) is 2.33. The minimum absolute atomic E-state index is 0.0555. The quantitative estimate of drug-likeness (QED) is 0.795. The van der Waals surface area contributed by atoms with Crippen LogP contribution in [0.15, 0.2) is 30.3 Å². The second-order valence-electron chi connectivity index (χ2n) is 5.07. The van der Waals surface area contributed by atoms with Gasteiger partial charge in [-0.15, -0.1) is 0 Å². The van der Waals surface area contributed by atoms with Crippen LogP contribution in [-0.4, -0.2) is 46.9 Å². The molecule has 1 aliphatic heterocycles. The zero-order valence-corrected chi connectivity index (χ0v) is 11.6. The van der Waals surface area contributed by atoms with E-state index in [9.17, 15) is 19.5 Å². The van der Waals surface area contributed by atoms with Crippen molar-refractivity contribution in [3.8, 4) is 0 Å². The highest BCUT2D eigenvalue weighted by Gasteiger charge is 2.25. The van der Waals surface area contributed by atoms with E-state index >= 15 is 0 Å². The molecule has 2 rings (SSSR count). The van der Waals surface area contributed by atoms with E-state index in [4.69, 9.17) is 0 Å². The third kappa shape index (κ3) is 4.30. The zero-order chi connectivity index (χ0) is 15.2. The highest BCUT2D eigenvalue weighted by Crippen LogP contribution is 2.09. The Hall–Kier alpha value is -2.37. The second-order valence-corrected chi connectivity index (χ2v) is 5.07. The number of benzene rings is 1. The van der Waals surface area contributed by atoms with Crippen molar-refractivity contribution in [2.24, 2.45) is 0 Å². The summed E-state index contributed by atoms with van der Waals surface area (Å²) in [6.45, 7) is 0.486. The normalized spacial score (nSPS) is 15.8. The third-order valence-electron chi connectivity index (χ3n) is 3.42. The molecule has 112 valence electrons. The van der Waals surface area contributed by atoms with Gasteiger partial charge in [-0.3, -0.25) is 9.59 Å². The second kappa shape index (κ2) is 6.88. The predicted molar refractivity (Wildman–Crippen MR) is 75.5 cm³/mol. The minimum atomic E-state index is -1.08. The van der Waals surface area contributed by atoms with Gasteiger partial charge in [-0.05, 0) is 12.0 Å². The van der Waals surface area contributed by atoms with Crippen LogP contribution in [0.5, 0.6) is 0 Å². The molecule has 0 spiro atoms. The number of carbonyl (C=O) groups excluding carboxylic acids is 2. The Kier molecular flexibility index (Phi) is 4.92. The van der Waals surface area contributed by atoms with Gasteiger partial charge in [0.25, 0.3) is 0 Å². The Labute approximate surface area is 122 Å². The van der Waals surface area contributed by atoms with E-state index < -0.39 is 17.9 Å². The third-order valence-corrected chi connectivity index (χ3v) is 3.42. The first-order chi connectivity index (χ1) is 10.1. The number of aliphatic carboxylic acids is 1. The van der Waals surface area contributed by atoms with Crippen LogP contribution < -0.4 is 5.32 Å². The highest BCUT2D eigenvalue weighted by atomic mass is 16.4. The number of carbonyl (C=O) groups is 3. The largest absolute Gasteiger partial charge is 0.480 e. The number of carboxylic acids is 1. The number of likely N-dealkylation sites (tertiary alicyclic amines) is 1. The zero-order valence-electron chi connectivity index (χ0n) is 11.6. The minimum Gasteiger partial charge on any atom is -0.480 e. The van der Waals surface area contributed by atoms with Gasteiger partial charge in [-0.25, -0.2) is 4.79 Å². The van der Waals surface area contributed by atoms with E-state index in [0.717, 1.165) is 12.0 Å². The first kappa shape index (κ1) is 15.0. The fourth-order valence-corrected chi connectivity index (χ4v) is 2.33. The molecule has 0 aliphatic carbocycles. The summed E-state index contributed by atoms with van der Waals surface area (Å²) in [7, 11) is 0.